The molecule has 0 N–H and O–H groups in total. The lowest BCUT2D eigenvalue weighted by Gasteiger charge is -2.31. The molecule has 0 bridgehead atoms. The lowest BCUT2D eigenvalue weighted by Crippen LogP contribution is -2.26. The summed E-state index contributed by atoms with van der Waals surface area (Å²) in [6.07, 6.45) is 6.96. The van der Waals surface area contributed by atoms with Crippen molar-refractivity contribution in [3.63, 3.8) is 0 Å². The van der Waals surface area contributed by atoms with E-state index in [1.165, 1.54) is 16.7 Å². The number of hydrogen-bond acceptors (Lipinski definition) is 3. The van der Waals surface area contributed by atoms with Gasteiger partial charge in [0.1, 0.15) is 11.5 Å². The Balaban J connectivity index is 2.04. The van der Waals surface area contributed by atoms with Crippen molar-refractivity contribution in [2.75, 3.05) is 41.6 Å². The van der Waals surface area contributed by atoms with Gasteiger partial charge in [0.25, 0.3) is 0 Å². The van der Waals surface area contributed by atoms with Gasteiger partial charge in [0.05, 0.1) is 14.2 Å². The largest absolute Gasteiger partial charge is 0.496 e. The van der Waals surface area contributed by atoms with Gasteiger partial charge in [0.2, 0.25) is 0 Å². The fourth-order valence-electron chi connectivity index (χ4n) is 4.35. The number of para-hydroxylation sites is 2. The molecule has 5 heteroatoms. The normalized spacial score (nSPS) is 17.0. The van der Waals surface area contributed by atoms with Crippen molar-refractivity contribution in [2.24, 2.45) is 0 Å². The highest BCUT2D eigenvalue weighted by atomic mass is 31.1. The molecule has 172 valence electrons. The maximum atomic E-state index is 5.72. The quantitative estimate of drug-likeness (QED) is 0.359. The monoisotopic (exact) mass is 469 g/mol. The molecular formula is C27H37NO2P2. The minimum Gasteiger partial charge on any atom is -0.496 e. The van der Waals surface area contributed by atoms with Crippen molar-refractivity contribution in [3.8, 4) is 11.5 Å². The number of ether oxygens (including phenoxy) is 2. The fraction of sp³-hybridized carbons (Fsp3) is 0.407. The molecule has 0 aromatic heterocycles. The second-order valence-corrected chi connectivity index (χ2v) is 13.3. The first-order chi connectivity index (χ1) is 15.4. The van der Waals surface area contributed by atoms with Gasteiger partial charge in [0, 0.05) is 11.7 Å². The van der Waals surface area contributed by atoms with Crippen molar-refractivity contribution in [2.45, 2.75) is 30.9 Å². The van der Waals surface area contributed by atoms with Crippen LogP contribution in [0.5, 0.6) is 11.5 Å². The van der Waals surface area contributed by atoms with Crippen LogP contribution in [0.2, 0.25) is 0 Å². The van der Waals surface area contributed by atoms with E-state index in [9.17, 15) is 0 Å². The van der Waals surface area contributed by atoms with Crippen molar-refractivity contribution in [3.05, 3.63) is 82.7 Å². The van der Waals surface area contributed by atoms with Crippen molar-refractivity contribution in [1.29, 1.82) is 0 Å². The minimum absolute atomic E-state index is 0.198. The van der Waals surface area contributed by atoms with Crippen LogP contribution >= 0.6 is 15.8 Å². The predicted molar refractivity (Wildman–Crippen MR) is 142 cm³/mol. The Kier molecular flexibility index (Phi) is 8.95. The maximum absolute atomic E-state index is 5.72. The molecule has 2 aromatic carbocycles. The molecule has 0 saturated heterocycles. The van der Waals surface area contributed by atoms with Gasteiger partial charge in [0.15, 0.2) is 0 Å². The molecule has 0 saturated carbocycles. The zero-order valence-electron chi connectivity index (χ0n) is 20.5. The van der Waals surface area contributed by atoms with Crippen molar-refractivity contribution in [1.82, 2.24) is 4.90 Å². The van der Waals surface area contributed by atoms with E-state index in [1.807, 2.05) is 0 Å². The van der Waals surface area contributed by atoms with Gasteiger partial charge in [-0.05, 0) is 80.8 Å². The molecule has 0 radical (unpaired) electrons. The summed E-state index contributed by atoms with van der Waals surface area (Å²) in [6, 6.07) is 17.4. The summed E-state index contributed by atoms with van der Waals surface area (Å²) in [7, 11) is 7.30. The minimum atomic E-state index is -0.408. The first-order valence-corrected chi connectivity index (χ1v) is 15.1. The maximum Gasteiger partial charge on any atom is 0.122 e. The van der Waals surface area contributed by atoms with Gasteiger partial charge in [-0.2, -0.15) is 0 Å². The zero-order valence-corrected chi connectivity index (χ0v) is 22.3. The SMILES string of the molecule is COc1ccccc1CP(Cc1ccccc1OC)C1C=CC(C(C)N(C)C)=C1P(C)C. The number of allylic oxidation sites excluding steroid dienone is 2. The Hall–Kier alpha value is -1.66. The highest BCUT2D eigenvalue weighted by Crippen LogP contribution is 2.61. The third kappa shape index (κ3) is 5.63. The molecule has 3 rings (SSSR count). The van der Waals surface area contributed by atoms with E-state index in [2.05, 4.69) is 99.9 Å². The molecule has 0 fully saturated rings. The van der Waals surface area contributed by atoms with Crippen LogP contribution in [0, 0.1) is 0 Å². The Bertz CT molecular complexity index is 918. The molecule has 32 heavy (non-hydrogen) atoms. The number of benzene rings is 2. The van der Waals surface area contributed by atoms with Crippen LogP contribution in [0.25, 0.3) is 0 Å². The number of rotatable bonds is 10. The summed E-state index contributed by atoms with van der Waals surface area (Å²) in [6.45, 7) is 7.14. The van der Waals surface area contributed by atoms with E-state index in [0.29, 0.717) is 11.7 Å². The average Bonchev–Trinajstić information content (AvgIpc) is 3.24. The van der Waals surface area contributed by atoms with Gasteiger partial charge in [-0.25, -0.2) is 0 Å². The van der Waals surface area contributed by atoms with Crippen molar-refractivity contribution >= 4 is 15.8 Å². The molecule has 0 heterocycles. The Labute approximate surface area is 197 Å². The first-order valence-electron chi connectivity index (χ1n) is 11.1. The van der Waals surface area contributed by atoms with E-state index in [4.69, 9.17) is 9.47 Å². The Morgan fingerprint density at radius 2 is 1.38 bits per heavy atom. The molecule has 1 aliphatic rings. The average molecular weight is 470 g/mol. The molecule has 0 spiro atoms. The number of likely N-dealkylation sites (N-methyl/N-ethyl adjacent to an activating group) is 1. The molecule has 2 atom stereocenters. The van der Waals surface area contributed by atoms with Gasteiger partial charge in [-0.15, -0.1) is 0 Å². The zero-order chi connectivity index (χ0) is 23.3. The summed E-state index contributed by atoms with van der Waals surface area (Å²) in [5, 5.41) is 1.66. The Morgan fingerprint density at radius 1 is 0.875 bits per heavy atom. The van der Waals surface area contributed by atoms with Crippen LogP contribution in [-0.4, -0.2) is 58.2 Å². The second kappa shape index (κ2) is 11.5. The molecule has 2 aromatic rings. The Morgan fingerprint density at radius 3 is 1.81 bits per heavy atom. The second-order valence-electron chi connectivity index (χ2n) is 8.71. The molecule has 2 unspecified atom stereocenters. The van der Waals surface area contributed by atoms with Crippen LogP contribution in [0.3, 0.4) is 0 Å². The third-order valence-corrected chi connectivity index (χ3v) is 10.7. The summed E-state index contributed by atoms with van der Waals surface area (Å²) in [5.74, 6) is 1.98. The van der Waals surface area contributed by atoms with Gasteiger partial charge in [-0.1, -0.05) is 64.4 Å². The third-order valence-electron chi connectivity index (χ3n) is 6.27. The van der Waals surface area contributed by atoms with E-state index < -0.39 is 7.92 Å². The summed E-state index contributed by atoms with van der Waals surface area (Å²) >= 11 is 0. The standard InChI is InChI=1S/C27H37NO2P2/c1-20(28(2)3)23-16-17-26(27(23)31(6)7)32(18-21-12-8-10-14-24(21)29-4)19-22-13-9-11-15-25(22)30-5/h8-17,20,26H,18-19H2,1-7H3. The number of methoxy groups -OCH3 is 2. The summed E-state index contributed by atoms with van der Waals surface area (Å²) in [4.78, 5) is 2.32. The highest BCUT2D eigenvalue weighted by molar-refractivity contribution is 7.64. The molecular weight excluding hydrogens is 432 g/mol. The van der Waals surface area contributed by atoms with Gasteiger partial charge < -0.3 is 14.4 Å². The molecule has 0 aliphatic heterocycles. The lowest BCUT2D eigenvalue weighted by atomic mass is 10.1. The van der Waals surface area contributed by atoms with Crippen LogP contribution in [0.4, 0.5) is 0 Å². The number of hydrogen-bond donors (Lipinski definition) is 0. The summed E-state index contributed by atoms with van der Waals surface area (Å²) < 4.78 is 11.4. The van der Waals surface area contributed by atoms with Crippen LogP contribution in [0.1, 0.15) is 18.1 Å². The predicted octanol–water partition coefficient (Wildman–Crippen LogP) is 6.77. The van der Waals surface area contributed by atoms with Crippen LogP contribution in [-0.2, 0) is 12.3 Å². The molecule has 1 aliphatic carbocycles. The smallest absolute Gasteiger partial charge is 0.122 e. The van der Waals surface area contributed by atoms with E-state index in [1.54, 1.807) is 19.5 Å². The highest BCUT2D eigenvalue weighted by Gasteiger charge is 2.32. The topological polar surface area (TPSA) is 21.7 Å². The molecule has 3 nitrogen and oxygen atoms in total. The summed E-state index contributed by atoms with van der Waals surface area (Å²) in [5.41, 5.74) is 4.60. The van der Waals surface area contributed by atoms with Gasteiger partial charge >= 0.3 is 0 Å². The van der Waals surface area contributed by atoms with E-state index in [0.717, 1.165) is 23.8 Å². The molecule has 0 amide bonds. The van der Waals surface area contributed by atoms with E-state index >= 15 is 0 Å². The van der Waals surface area contributed by atoms with Gasteiger partial charge in [-0.3, -0.25) is 0 Å². The number of nitrogens with zero attached hydrogens (tertiary/aromatic N) is 1. The first kappa shape index (κ1) is 25.0. The fourth-order valence-corrected chi connectivity index (χ4v) is 9.65. The van der Waals surface area contributed by atoms with Crippen LogP contribution in [0.15, 0.2) is 71.6 Å². The van der Waals surface area contributed by atoms with Crippen molar-refractivity contribution < 1.29 is 9.47 Å². The lowest BCUT2D eigenvalue weighted by molar-refractivity contribution is 0.354. The van der Waals surface area contributed by atoms with E-state index in [-0.39, 0.29) is 7.92 Å². The van der Waals surface area contributed by atoms with Crippen LogP contribution < -0.4 is 9.47 Å².